The van der Waals surface area contributed by atoms with Crippen molar-refractivity contribution in [3.63, 3.8) is 0 Å². The summed E-state index contributed by atoms with van der Waals surface area (Å²) in [7, 11) is -3.28. The standard InChI is InChI=1S/C25H28O6S/c1-5-30-22(26)18-8-6-17(7-9-18)21-24(14-25(21,15-24)23(27)31-16(2)3)19-10-12-20(13-11-19)32(4,28)29/h6-13,16,21H,5,14-15H2,1-4H3. The number of carbonyl (C=O) groups excluding carboxylic acids is 2. The minimum absolute atomic E-state index is 0.0958. The second-order valence-corrected chi connectivity index (χ2v) is 11.2. The predicted octanol–water partition coefficient (Wildman–Crippen LogP) is 4.03. The van der Waals surface area contributed by atoms with Gasteiger partial charge in [0.2, 0.25) is 0 Å². The van der Waals surface area contributed by atoms with Crippen molar-refractivity contribution in [1.82, 2.24) is 0 Å². The van der Waals surface area contributed by atoms with E-state index < -0.39 is 15.3 Å². The number of hydrogen-bond donors (Lipinski definition) is 0. The number of carbonyl (C=O) groups is 2. The van der Waals surface area contributed by atoms with Crippen LogP contribution in [-0.4, -0.2) is 39.3 Å². The normalized spacial score (nSPS) is 26.1. The Bertz CT molecular complexity index is 1140. The third-order valence-corrected chi connectivity index (χ3v) is 7.86. The maximum absolute atomic E-state index is 13.0. The molecule has 0 spiro atoms. The largest absolute Gasteiger partial charge is 0.463 e. The fraction of sp³-hybridized carbons (Fsp3) is 0.440. The van der Waals surface area contributed by atoms with Crippen molar-refractivity contribution >= 4 is 21.8 Å². The fourth-order valence-electron chi connectivity index (χ4n) is 5.41. The lowest BCUT2D eigenvalue weighted by atomic mass is 9.26. The van der Waals surface area contributed by atoms with Crippen LogP contribution in [0.4, 0.5) is 0 Å². The van der Waals surface area contributed by atoms with Crippen LogP contribution in [0.1, 0.15) is 61.0 Å². The van der Waals surface area contributed by atoms with E-state index in [0.717, 1.165) is 11.1 Å². The van der Waals surface area contributed by atoms with Crippen molar-refractivity contribution in [3.8, 4) is 0 Å². The van der Waals surface area contributed by atoms with Crippen LogP contribution in [-0.2, 0) is 29.5 Å². The van der Waals surface area contributed by atoms with E-state index in [-0.39, 0.29) is 34.3 Å². The van der Waals surface area contributed by atoms with Gasteiger partial charge in [-0.2, -0.15) is 0 Å². The molecule has 7 heteroatoms. The Balaban J connectivity index is 1.69. The van der Waals surface area contributed by atoms with Gasteiger partial charge in [-0.1, -0.05) is 24.3 Å². The maximum atomic E-state index is 13.0. The molecule has 0 heterocycles. The highest BCUT2D eigenvalue weighted by molar-refractivity contribution is 7.90. The average molecular weight is 457 g/mol. The summed E-state index contributed by atoms with van der Waals surface area (Å²) in [5.41, 5.74) is 1.60. The molecular formula is C25H28O6S. The maximum Gasteiger partial charge on any atom is 0.338 e. The minimum atomic E-state index is -3.28. The number of esters is 2. The summed E-state index contributed by atoms with van der Waals surface area (Å²) in [4.78, 5) is 25.3. The second kappa shape index (κ2) is 7.73. The molecule has 32 heavy (non-hydrogen) atoms. The Hall–Kier alpha value is -2.67. The van der Waals surface area contributed by atoms with E-state index in [1.807, 2.05) is 38.1 Å². The third kappa shape index (κ3) is 3.43. The Morgan fingerprint density at radius 1 is 1.03 bits per heavy atom. The van der Waals surface area contributed by atoms with Crippen molar-refractivity contribution in [2.45, 2.75) is 55.9 Å². The van der Waals surface area contributed by atoms with Gasteiger partial charge in [-0.05, 0) is 69.0 Å². The minimum Gasteiger partial charge on any atom is -0.463 e. The van der Waals surface area contributed by atoms with Crippen molar-refractivity contribution in [2.24, 2.45) is 5.41 Å². The van der Waals surface area contributed by atoms with Gasteiger partial charge in [0, 0.05) is 17.6 Å². The molecule has 0 saturated heterocycles. The van der Waals surface area contributed by atoms with Crippen LogP contribution in [0.2, 0.25) is 0 Å². The van der Waals surface area contributed by atoms with Crippen molar-refractivity contribution in [3.05, 3.63) is 65.2 Å². The SMILES string of the molecule is CCOC(=O)c1ccc(C2C3(C(=O)OC(C)C)CC2(c2ccc(S(C)(=O)=O)cc2)C3)cc1. The van der Waals surface area contributed by atoms with Crippen LogP contribution < -0.4 is 0 Å². The van der Waals surface area contributed by atoms with Gasteiger partial charge in [0.25, 0.3) is 0 Å². The van der Waals surface area contributed by atoms with Gasteiger partial charge in [-0.15, -0.1) is 0 Å². The van der Waals surface area contributed by atoms with Crippen LogP contribution in [0.3, 0.4) is 0 Å². The van der Waals surface area contributed by atoms with E-state index in [0.29, 0.717) is 25.0 Å². The van der Waals surface area contributed by atoms with Crippen LogP contribution in [0.25, 0.3) is 0 Å². The molecule has 2 aromatic carbocycles. The molecule has 0 aliphatic heterocycles. The van der Waals surface area contributed by atoms with E-state index in [1.54, 1.807) is 31.2 Å². The molecule has 3 saturated carbocycles. The first-order valence-corrected chi connectivity index (χ1v) is 12.7. The summed E-state index contributed by atoms with van der Waals surface area (Å²) in [5.74, 6) is -0.666. The number of ether oxygens (including phenoxy) is 2. The highest BCUT2D eigenvalue weighted by atomic mass is 32.2. The van der Waals surface area contributed by atoms with E-state index in [4.69, 9.17) is 9.47 Å². The lowest BCUT2D eigenvalue weighted by Crippen LogP contribution is -2.74. The monoisotopic (exact) mass is 456 g/mol. The van der Waals surface area contributed by atoms with Crippen LogP contribution in [0.5, 0.6) is 0 Å². The van der Waals surface area contributed by atoms with Gasteiger partial charge in [0.15, 0.2) is 9.84 Å². The topological polar surface area (TPSA) is 86.7 Å². The van der Waals surface area contributed by atoms with Crippen LogP contribution >= 0.6 is 0 Å². The number of sulfone groups is 1. The van der Waals surface area contributed by atoms with Gasteiger partial charge in [0.05, 0.1) is 28.6 Å². The molecule has 0 aromatic heterocycles. The molecule has 170 valence electrons. The molecule has 3 aliphatic rings. The van der Waals surface area contributed by atoms with Crippen LogP contribution in [0.15, 0.2) is 53.4 Å². The number of rotatable bonds is 7. The Morgan fingerprint density at radius 3 is 2.12 bits per heavy atom. The molecule has 1 atom stereocenters. The zero-order chi connectivity index (χ0) is 23.3. The molecule has 1 unspecified atom stereocenters. The van der Waals surface area contributed by atoms with Gasteiger partial charge < -0.3 is 9.47 Å². The highest BCUT2D eigenvalue weighted by Gasteiger charge is 2.80. The van der Waals surface area contributed by atoms with Gasteiger partial charge in [0.1, 0.15) is 0 Å². The summed E-state index contributed by atoms with van der Waals surface area (Å²) in [6.07, 6.45) is 2.31. The zero-order valence-electron chi connectivity index (χ0n) is 18.8. The van der Waals surface area contributed by atoms with Gasteiger partial charge in [-0.25, -0.2) is 13.2 Å². The van der Waals surface area contributed by atoms with Gasteiger partial charge >= 0.3 is 11.9 Å². The molecule has 6 nitrogen and oxygen atoms in total. The third-order valence-electron chi connectivity index (χ3n) is 6.73. The van der Waals surface area contributed by atoms with Crippen molar-refractivity contribution in [1.29, 1.82) is 0 Å². The van der Waals surface area contributed by atoms with E-state index in [9.17, 15) is 18.0 Å². The second-order valence-electron chi connectivity index (χ2n) is 9.19. The van der Waals surface area contributed by atoms with E-state index in [2.05, 4.69) is 0 Å². The Kier molecular flexibility index (Phi) is 5.44. The Morgan fingerprint density at radius 2 is 1.62 bits per heavy atom. The zero-order valence-corrected chi connectivity index (χ0v) is 19.6. The quantitative estimate of drug-likeness (QED) is 0.585. The smallest absolute Gasteiger partial charge is 0.338 e. The average Bonchev–Trinajstić information content (AvgIpc) is 2.66. The van der Waals surface area contributed by atoms with Crippen molar-refractivity contribution < 1.29 is 27.5 Å². The first-order chi connectivity index (χ1) is 15.0. The summed E-state index contributed by atoms with van der Waals surface area (Å²) in [6, 6.07) is 14.2. The molecule has 2 bridgehead atoms. The Labute approximate surface area is 188 Å². The number of hydrogen-bond acceptors (Lipinski definition) is 6. The fourth-order valence-corrected chi connectivity index (χ4v) is 6.04. The summed E-state index contributed by atoms with van der Waals surface area (Å²) in [6.45, 7) is 5.75. The molecule has 2 aromatic rings. The summed E-state index contributed by atoms with van der Waals surface area (Å²) < 4.78 is 34.4. The van der Waals surface area contributed by atoms with Crippen LogP contribution in [0, 0.1) is 5.41 Å². The first kappa shape index (κ1) is 22.5. The first-order valence-electron chi connectivity index (χ1n) is 10.8. The van der Waals surface area contributed by atoms with Gasteiger partial charge in [-0.3, -0.25) is 4.79 Å². The lowest BCUT2D eigenvalue weighted by Gasteiger charge is -2.75. The van der Waals surface area contributed by atoms with E-state index >= 15 is 0 Å². The molecule has 3 aliphatic carbocycles. The summed E-state index contributed by atoms with van der Waals surface area (Å²) >= 11 is 0. The summed E-state index contributed by atoms with van der Waals surface area (Å²) in [5, 5.41) is 0. The molecule has 0 amide bonds. The molecular weight excluding hydrogens is 428 g/mol. The highest BCUT2D eigenvalue weighted by Crippen LogP contribution is 2.81. The predicted molar refractivity (Wildman–Crippen MR) is 119 cm³/mol. The molecule has 5 rings (SSSR count). The number of benzene rings is 2. The van der Waals surface area contributed by atoms with Crippen molar-refractivity contribution in [2.75, 3.05) is 12.9 Å². The molecule has 3 fully saturated rings. The van der Waals surface area contributed by atoms with E-state index in [1.165, 1.54) is 6.26 Å². The molecule has 0 radical (unpaired) electrons. The molecule has 0 N–H and O–H groups in total. The lowest BCUT2D eigenvalue weighted by molar-refractivity contribution is -0.217.